The third-order valence-corrected chi connectivity index (χ3v) is 5.43. The molecule has 0 radical (unpaired) electrons. The number of aromatic amines is 2. The first-order valence-electron chi connectivity index (χ1n) is 9.40. The molecule has 28 heavy (non-hydrogen) atoms. The van der Waals surface area contributed by atoms with Gasteiger partial charge in [0.05, 0.1) is 5.69 Å². The zero-order chi connectivity index (χ0) is 18.5. The first kappa shape index (κ1) is 15.2. The molecule has 0 aliphatic heterocycles. The molecular formula is C25H17N3. The van der Waals surface area contributed by atoms with Crippen LogP contribution in [0.1, 0.15) is 0 Å². The van der Waals surface area contributed by atoms with Crippen molar-refractivity contribution in [3.63, 3.8) is 0 Å². The van der Waals surface area contributed by atoms with Crippen molar-refractivity contribution in [3.8, 4) is 22.5 Å². The summed E-state index contributed by atoms with van der Waals surface area (Å²) in [5, 5.41) is 4.78. The lowest BCUT2D eigenvalue weighted by Gasteiger charge is -2.08. The normalized spacial score (nSPS) is 11.6. The highest BCUT2D eigenvalue weighted by molar-refractivity contribution is 5.99. The third kappa shape index (κ3) is 2.33. The second-order valence-corrected chi connectivity index (χ2v) is 7.15. The van der Waals surface area contributed by atoms with Gasteiger partial charge in [0, 0.05) is 50.8 Å². The molecule has 3 aromatic carbocycles. The maximum Gasteiger partial charge on any atom is 0.0780 e. The van der Waals surface area contributed by atoms with Gasteiger partial charge in [-0.15, -0.1) is 0 Å². The van der Waals surface area contributed by atoms with Gasteiger partial charge in [-0.1, -0.05) is 36.4 Å². The van der Waals surface area contributed by atoms with E-state index >= 15 is 0 Å². The van der Waals surface area contributed by atoms with Crippen molar-refractivity contribution in [1.29, 1.82) is 0 Å². The number of hydrogen-bond donors (Lipinski definition) is 2. The van der Waals surface area contributed by atoms with Gasteiger partial charge in [0.15, 0.2) is 0 Å². The van der Waals surface area contributed by atoms with Crippen LogP contribution in [-0.2, 0) is 0 Å². The highest BCUT2D eigenvalue weighted by Crippen LogP contribution is 2.32. The molecular weight excluding hydrogens is 342 g/mol. The Bertz CT molecular complexity index is 1440. The minimum atomic E-state index is 1.01. The van der Waals surface area contributed by atoms with Gasteiger partial charge >= 0.3 is 0 Å². The molecule has 0 fully saturated rings. The Morgan fingerprint density at radius 2 is 1.54 bits per heavy atom. The van der Waals surface area contributed by atoms with Gasteiger partial charge < -0.3 is 9.97 Å². The summed E-state index contributed by atoms with van der Waals surface area (Å²) in [6.07, 6.45) is 3.86. The fourth-order valence-electron chi connectivity index (χ4n) is 4.00. The molecule has 0 amide bonds. The van der Waals surface area contributed by atoms with Crippen LogP contribution >= 0.6 is 0 Å². The summed E-state index contributed by atoms with van der Waals surface area (Å²) in [6, 6.07) is 27.8. The number of benzene rings is 3. The van der Waals surface area contributed by atoms with E-state index in [0.29, 0.717) is 0 Å². The molecule has 2 N–H and O–H groups in total. The van der Waals surface area contributed by atoms with Crippen LogP contribution in [-0.4, -0.2) is 15.0 Å². The summed E-state index contributed by atoms with van der Waals surface area (Å²) in [5.41, 5.74) is 6.73. The van der Waals surface area contributed by atoms with Gasteiger partial charge in [0.1, 0.15) is 0 Å². The summed E-state index contributed by atoms with van der Waals surface area (Å²) in [6.45, 7) is 0. The average Bonchev–Trinajstić information content (AvgIpc) is 3.39. The highest BCUT2D eigenvalue weighted by atomic mass is 14.7. The van der Waals surface area contributed by atoms with Gasteiger partial charge in [-0.25, -0.2) is 0 Å². The van der Waals surface area contributed by atoms with Crippen LogP contribution in [0.5, 0.6) is 0 Å². The Hall–Kier alpha value is -3.85. The summed E-state index contributed by atoms with van der Waals surface area (Å²) in [5.74, 6) is 0. The van der Waals surface area contributed by atoms with Crippen LogP contribution in [0.3, 0.4) is 0 Å². The number of pyridine rings is 1. The van der Waals surface area contributed by atoms with Crippen LogP contribution < -0.4 is 0 Å². The number of para-hydroxylation sites is 1. The lowest BCUT2D eigenvalue weighted by Crippen LogP contribution is -1.87. The SMILES string of the molecule is c1ccc2[nH]c(-c3ccc4ccnc(-c5ccc6[nH]ccc6c5)c4c3)cc2c1. The number of fused-ring (bicyclic) bond motifs is 3. The predicted molar refractivity (Wildman–Crippen MR) is 116 cm³/mol. The molecule has 0 bridgehead atoms. The van der Waals surface area contributed by atoms with Crippen molar-refractivity contribution < 1.29 is 0 Å². The Kier molecular flexibility index (Phi) is 3.17. The molecule has 0 unspecified atom stereocenters. The standard InChI is InChI=1S/C25H17N3/c1-2-4-23-17(3-1)15-24(28-23)18-6-5-16-9-12-27-25(21(16)14-18)20-7-8-22-19(13-20)10-11-26-22/h1-15,26,28H. The molecule has 0 saturated carbocycles. The van der Waals surface area contributed by atoms with Gasteiger partial charge in [0.25, 0.3) is 0 Å². The molecule has 0 aliphatic carbocycles. The predicted octanol–water partition coefficient (Wildman–Crippen LogP) is 6.53. The molecule has 0 aliphatic rings. The monoisotopic (exact) mass is 359 g/mol. The van der Waals surface area contributed by atoms with E-state index in [1.54, 1.807) is 0 Å². The third-order valence-electron chi connectivity index (χ3n) is 5.43. The fourth-order valence-corrected chi connectivity index (χ4v) is 4.00. The Labute approximate surface area is 161 Å². The van der Waals surface area contributed by atoms with E-state index in [1.807, 2.05) is 12.4 Å². The first-order valence-corrected chi connectivity index (χ1v) is 9.40. The maximum atomic E-state index is 4.73. The van der Waals surface area contributed by atoms with Crippen molar-refractivity contribution >= 4 is 32.6 Å². The number of H-pyrrole nitrogens is 2. The average molecular weight is 359 g/mol. The van der Waals surface area contributed by atoms with E-state index in [9.17, 15) is 0 Å². The van der Waals surface area contributed by atoms with E-state index in [-0.39, 0.29) is 0 Å². The molecule has 132 valence electrons. The Morgan fingerprint density at radius 1 is 0.643 bits per heavy atom. The smallest absolute Gasteiger partial charge is 0.0780 e. The molecule has 3 nitrogen and oxygen atoms in total. The van der Waals surface area contributed by atoms with Crippen LogP contribution in [0, 0.1) is 0 Å². The van der Waals surface area contributed by atoms with E-state index in [0.717, 1.165) is 33.4 Å². The minimum Gasteiger partial charge on any atom is -0.361 e. The summed E-state index contributed by atoms with van der Waals surface area (Å²) in [7, 11) is 0. The van der Waals surface area contributed by atoms with Crippen LogP contribution in [0.25, 0.3) is 55.1 Å². The van der Waals surface area contributed by atoms with Crippen molar-refractivity contribution in [3.05, 3.63) is 91.3 Å². The van der Waals surface area contributed by atoms with Gasteiger partial charge in [-0.05, 0) is 53.4 Å². The molecule has 0 atom stereocenters. The Balaban J connectivity index is 1.56. The van der Waals surface area contributed by atoms with Crippen molar-refractivity contribution in [1.82, 2.24) is 15.0 Å². The van der Waals surface area contributed by atoms with Crippen molar-refractivity contribution in [2.45, 2.75) is 0 Å². The fraction of sp³-hybridized carbons (Fsp3) is 0. The van der Waals surface area contributed by atoms with E-state index in [1.165, 1.54) is 21.7 Å². The van der Waals surface area contributed by atoms with E-state index < -0.39 is 0 Å². The molecule has 0 saturated heterocycles. The molecule has 3 heterocycles. The van der Waals surface area contributed by atoms with Gasteiger partial charge in [0.2, 0.25) is 0 Å². The lowest BCUT2D eigenvalue weighted by atomic mass is 10.00. The zero-order valence-electron chi connectivity index (χ0n) is 15.1. The second kappa shape index (κ2) is 5.83. The van der Waals surface area contributed by atoms with E-state index in [4.69, 9.17) is 4.98 Å². The van der Waals surface area contributed by atoms with Crippen molar-refractivity contribution in [2.24, 2.45) is 0 Å². The highest BCUT2D eigenvalue weighted by Gasteiger charge is 2.10. The second-order valence-electron chi connectivity index (χ2n) is 7.15. The number of aromatic nitrogens is 3. The van der Waals surface area contributed by atoms with Crippen LogP contribution in [0.2, 0.25) is 0 Å². The summed E-state index contributed by atoms with van der Waals surface area (Å²) < 4.78 is 0. The zero-order valence-corrected chi connectivity index (χ0v) is 15.1. The van der Waals surface area contributed by atoms with Gasteiger partial charge in [-0.3, -0.25) is 4.98 Å². The molecule has 0 spiro atoms. The maximum absolute atomic E-state index is 4.73. The van der Waals surface area contributed by atoms with Crippen molar-refractivity contribution in [2.75, 3.05) is 0 Å². The largest absolute Gasteiger partial charge is 0.361 e. The summed E-state index contributed by atoms with van der Waals surface area (Å²) in [4.78, 5) is 11.5. The quantitative estimate of drug-likeness (QED) is 0.363. The van der Waals surface area contributed by atoms with Gasteiger partial charge in [-0.2, -0.15) is 0 Å². The Morgan fingerprint density at radius 3 is 2.50 bits per heavy atom. The molecule has 6 rings (SSSR count). The summed E-state index contributed by atoms with van der Waals surface area (Å²) >= 11 is 0. The van der Waals surface area contributed by atoms with E-state index in [2.05, 4.69) is 88.8 Å². The minimum absolute atomic E-state index is 1.01. The molecule has 3 aromatic heterocycles. The molecule has 6 aromatic rings. The van der Waals surface area contributed by atoms with Crippen LogP contribution in [0.4, 0.5) is 0 Å². The molecule has 3 heteroatoms. The topological polar surface area (TPSA) is 44.5 Å². The van der Waals surface area contributed by atoms with Crippen LogP contribution in [0.15, 0.2) is 91.3 Å². The number of nitrogens with zero attached hydrogens (tertiary/aromatic N) is 1. The lowest BCUT2D eigenvalue weighted by molar-refractivity contribution is 1.36. The first-order chi connectivity index (χ1) is 13.8. The number of nitrogens with one attached hydrogen (secondary N) is 2. The number of hydrogen-bond acceptors (Lipinski definition) is 1. The number of rotatable bonds is 2.